The molecule has 0 fully saturated rings. The first-order valence-electron chi connectivity index (χ1n) is 9.31. The minimum Gasteiger partial charge on any atom is -0.339 e. The Labute approximate surface area is 167 Å². The van der Waals surface area contributed by atoms with Gasteiger partial charge in [0.1, 0.15) is 4.90 Å². The van der Waals surface area contributed by atoms with E-state index in [9.17, 15) is 13.2 Å². The summed E-state index contributed by atoms with van der Waals surface area (Å²) in [6, 6.07) is 7.13. The molecule has 0 unspecified atom stereocenters. The Balaban J connectivity index is 2.44. The highest BCUT2D eigenvalue weighted by atomic mass is 32.2. The third kappa shape index (κ3) is 4.55. The van der Waals surface area contributed by atoms with Crippen LogP contribution >= 0.6 is 0 Å². The van der Waals surface area contributed by atoms with Crippen molar-refractivity contribution in [1.29, 1.82) is 0 Å². The van der Waals surface area contributed by atoms with E-state index in [2.05, 4.69) is 9.82 Å². The quantitative estimate of drug-likeness (QED) is 0.797. The van der Waals surface area contributed by atoms with Crippen LogP contribution in [0.5, 0.6) is 0 Å². The number of aryl methyl sites for hydroxylation is 1. The second-order valence-corrected chi connectivity index (χ2v) is 9.50. The number of para-hydroxylation sites is 1. The van der Waals surface area contributed by atoms with Crippen molar-refractivity contribution in [3.05, 3.63) is 41.2 Å². The van der Waals surface area contributed by atoms with Crippen molar-refractivity contribution >= 4 is 21.6 Å². The van der Waals surface area contributed by atoms with Gasteiger partial charge in [0.15, 0.2) is 0 Å². The summed E-state index contributed by atoms with van der Waals surface area (Å²) in [7, 11) is -3.84. The Morgan fingerprint density at radius 3 is 2.32 bits per heavy atom. The van der Waals surface area contributed by atoms with E-state index in [1.54, 1.807) is 35.6 Å². The zero-order valence-electron chi connectivity index (χ0n) is 17.7. The maximum Gasteiger partial charge on any atom is 0.265 e. The molecule has 1 N–H and O–H groups in total. The number of nitrogens with one attached hydrogen (secondary N) is 1. The average molecular weight is 407 g/mol. The summed E-state index contributed by atoms with van der Waals surface area (Å²) in [6.07, 6.45) is 0. The first-order chi connectivity index (χ1) is 12.9. The number of aromatic nitrogens is 2. The molecule has 1 amide bonds. The van der Waals surface area contributed by atoms with Crippen molar-refractivity contribution < 1.29 is 13.2 Å². The molecule has 28 heavy (non-hydrogen) atoms. The second kappa shape index (κ2) is 7.95. The SMILES string of the molecule is CCN(Cc1ccccc1NS(=O)(=O)c1c(C)nn(C(C)(C)C)c1C)C(C)=O. The minimum absolute atomic E-state index is 0.0571. The molecule has 0 bridgehead atoms. The van der Waals surface area contributed by atoms with Crippen LogP contribution in [0.25, 0.3) is 0 Å². The summed E-state index contributed by atoms with van der Waals surface area (Å²) in [5.74, 6) is -0.0571. The van der Waals surface area contributed by atoms with Gasteiger partial charge in [0.2, 0.25) is 5.91 Å². The van der Waals surface area contributed by atoms with Gasteiger partial charge in [-0.25, -0.2) is 8.42 Å². The van der Waals surface area contributed by atoms with E-state index in [-0.39, 0.29) is 16.3 Å². The van der Waals surface area contributed by atoms with Crippen molar-refractivity contribution in [2.24, 2.45) is 0 Å². The van der Waals surface area contributed by atoms with E-state index in [1.165, 1.54) is 6.92 Å². The highest BCUT2D eigenvalue weighted by Crippen LogP contribution is 2.28. The molecule has 154 valence electrons. The largest absolute Gasteiger partial charge is 0.339 e. The lowest BCUT2D eigenvalue weighted by Gasteiger charge is -2.22. The van der Waals surface area contributed by atoms with Gasteiger partial charge in [-0.15, -0.1) is 0 Å². The third-order valence-corrected chi connectivity index (χ3v) is 6.20. The smallest absolute Gasteiger partial charge is 0.265 e. The lowest BCUT2D eigenvalue weighted by molar-refractivity contribution is -0.129. The molecule has 7 nitrogen and oxygen atoms in total. The van der Waals surface area contributed by atoms with Crippen molar-refractivity contribution in [1.82, 2.24) is 14.7 Å². The average Bonchev–Trinajstić information content (AvgIpc) is 2.88. The maximum atomic E-state index is 13.2. The Morgan fingerprint density at radius 1 is 1.21 bits per heavy atom. The van der Waals surface area contributed by atoms with Gasteiger partial charge in [-0.3, -0.25) is 14.2 Å². The molecule has 0 aliphatic carbocycles. The number of rotatable bonds is 6. The topological polar surface area (TPSA) is 84.3 Å². The van der Waals surface area contributed by atoms with E-state index in [0.29, 0.717) is 30.2 Å². The molecule has 1 aromatic heterocycles. The highest BCUT2D eigenvalue weighted by Gasteiger charge is 2.29. The molecule has 0 aliphatic rings. The number of anilines is 1. The number of nitrogens with zero attached hydrogens (tertiary/aromatic N) is 3. The van der Waals surface area contributed by atoms with E-state index < -0.39 is 10.0 Å². The molecule has 0 spiro atoms. The van der Waals surface area contributed by atoms with Crippen LogP contribution in [0.2, 0.25) is 0 Å². The standard InChI is InChI=1S/C20H30N4O3S/c1-8-23(16(4)25)13-17-11-9-10-12-18(17)22-28(26,27)19-14(2)21-24(15(19)3)20(5,6)7/h9-12,22H,8,13H2,1-7H3. The molecule has 2 rings (SSSR count). The molecule has 1 heterocycles. The number of carbonyl (C=O) groups is 1. The monoisotopic (exact) mass is 406 g/mol. The summed E-state index contributed by atoms with van der Waals surface area (Å²) in [5.41, 5.74) is 1.92. The summed E-state index contributed by atoms with van der Waals surface area (Å²) in [5, 5.41) is 4.44. The van der Waals surface area contributed by atoms with Crippen LogP contribution in [-0.2, 0) is 26.9 Å². The molecule has 0 saturated heterocycles. The van der Waals surface area contributed by atoms with E-state index >= 15 is 0 Å². The van der Waals surface area contributed by atoms with Gasteiger partial charge >= 0.3 is 0 Å². The zero-order chi connectivity index (χ0) is 21.3. The van der Waals surface area contributed by atoms with Crippen LogP contribution < -0.4 is 4.72 Å². The van der Waals surface area contributed by atoms with Gasteiger partial charge < -0.3 is 4.90 Å². The fourth-order valence-corrected chi connectivity index (χ4v) is 4.77. The number of carbonyl (C=O) groups excluding carboxylic acids is 1. The van der Waals surface area contributed by atoms with Crippen LogP contribution in [0, 0.1) is 13.8 Å². The predicted molar refractivity (Wildman–Crippen MR) is 111 cm³/mol. The molecule has 8 heteroatoms. The summed E-state index contributed by atoms with van der Waals surface area (Å²) < 4.78 is 30.8. The van der Waals surface area contributed by atoms with Crippen LogP contribution in [0.1, 0.15) is 51.6 Å². The molecular weight excluding hydrogens is 376 g/mol. The zero-order valence-corrected chi connectivity index (χ0v) is 18.5. The van der Waals surface area contributed by atoms with E-state index in [0.717, 1.165) is 5.56 Å². The Bertz CT molecular complexity index is 972. The van der Waals surface area contributed by atoms with Gasteiger partial charge in [-0.05, 0) is 53.2 Å². The summed E-state index contributed by atoms with van der Waals surface area (Å²) in [4.78, 5) is 13.6. The minimum atomic E-state index is -3.84. The van der Waals surface area contributed by atoms with Crippen LogP contribution in [0.3, 0.4) is 0 Å². The number of hydrogen-bond acceptors (Lipinski definition) is 4. The second-order valence-electron chi connectivity index (χ2n) is 7.88. The first kappa shape index (κ1) is 21.9. The lowest BCUT2D eigenvalue weighted by atomic mass is 10.1. The predicted octanol–water partition coefficient (Wildman–Crippen LogP) is 3.42. The summed E-state index contributed by atoms with van der Waals surface area (Å²) >= 11 is 0. The van der Waals surface area contributed by atoms with Crippen LogP contribution in [0.4, 0.5) is 5.69 Å². The third-order valence-electron chi connectivity index (χ3n) is 4.58. The van der Waals surface area contributed by atoms with Gasteiger partial charge in [0, 0.05) is 20.0 Å². The Hall–Kier alpha value is -2.35. The number of benzene rings is 1. The fourth-order valence-electron chi connectivity index (χ4n) is 3.28. The normalized spacial score (nSPS) is 12.1. The highest BCUT2D eigenvalue weighted by molar-refractivity contribution is 7.92. The molecule has 2 aromatic rings. The first-order valence-corrected chi connectivity index (χ1v) is 10.8. The van der Waals surface area contributed by atoms with Crippen molar-refractivity contribution in [3.63, 3.8) is 0 Å². The number of hydrogen-bond donors (Lipinski definition) is 1. The molecule has 0 aliphatic heterocycles. The lowest BCUT2D eigenvalue weighted by Crippen LogP contribution is -2.28. The van der Waals surface area contributed by atoms with Gasteiger partial charge in [0.05, 0.1) is 22.6 Å². The maximum absolute atomic E-state index is 13.2. The van der Waals surface area contributed by atoms with E-state index in [1.807, 2.05) is 39.8 Å². The van der Waals surface area contributed by atoms with Crippen LogP contribution in [0.15, 0.2) is 29.2 Å². The molecule has 0 atom stereocenters. The van der Waals surface area contributed by atoms with E-state index in [4.69, 9.17) is 0 Å². The Morgan fingerprint density at radius 2 is 1.82 bits per heavy atom. The van der Waals surface area contributed by atoms with Gasteiger partial charge in [-0.1, -0.05) is 18.2 Å². The molecular formula is C20H30N4O3S. The van der Waals surface area contributed by atoms with Crippen molar-refractivity contribution in [3.8, 4) is 0 Å². The number of amides is 1. The van der Waals surface area contributed by atoms with Gasteiger partial charge in [0.25, 0.3) is 10.0 Å². The Kier molecular flexibility index (Phi) is 6.23. The fraction of sp³-hybridized carbons (Fsp3) is 0.500. The van der Waals surface area contributed by atoms with Crippen molar-refractivity contribution in [2.75, 3.05) is 11.3 Å². The summed E-state index contributed by atoms with van der Waals surface area (Å²) in [6.45, 7) is 13.7. The number of sulfonamides is 1. The molecule has 1 aromatic carbocycles. The molecule has 0 radical (unpaired) electrons. The van der Waals surface area contributed by atoms with Crippen LogP contribution in [-0.4, -0.2) is 35.6 Å². The van der Waals surface area contributed by atoms with Crippen molar-refractivity contribution in [2.45, 2.75) is 65.4 Å². The molecule has 0 saturated carbocycles. The van der Waals surface area contributed by atoms with Gasteiger partial charge in [-0.2, -0.15) is 5.10 Å².